The third kappa shape index (κ3) is 4.50. The van der Waals surface area contributed by atoms with Gasteiger partial charge in [0.1, 0.15) is 0 Å². The molecule has 1 atom stereocenters. The van der Waals surface area contributed by atoms with Crippen LogP contribution < -0.4 is 15.0 Å². The van der Waals surface area contributed by atoms with E-state index in [0.29, 0.717) is 5.88 Å². The Morgan fingerprint density at radius 3 is 2.54 bits per heavy atom. The van der Waals surface area contributed by atoms with Crippen LogP contribution >= 0.6 is 15.9 Å². The van der Waals surface area contributed by atoms with Crippen LogP contribution in [0.2, 0.25) is 0 Å². The van der Waals surface area contributed by atoms with Crippen molar-refractivity contribution in [3.05, 3.63) is 41.1 Å². The minimum atomic E-state index is -0.197. The predicted molar refractivity (Wildman–Crippen MR) is 105 cm³/mol. The maximum atomic E-state index is 12.5. The van der Waals surface area contributed by atoms with Crippen molar-refractivity contribution in [3.63, 3.8) is 0 Å². The van der Waals surface area contributed by atoms with Gasteiger partial charge in [-0.1, -0.05) is 15.9 Å². The van der Waals surface area contributed by atoms with E-state index in [0.717, 1.165) is 42.2 Å². The smallest absolute Gasteiger partial charge is 0.241 e. The van der Waals surface area contributed by atoms with Crippen LogP contribution in [0.25, 0.3) is 0 Å². The highest BCUT2D eigenvalue weighted by molar-refractivity contribution is 9.10. The van der Waals surface area contributed by atoms with Gasteiger partial charge >= 0.3 is 0 Å². The van der Waals surface area contributed by atoms with Crippen LogP contribution in [0.4, 0.5) is 11.5 Å². The first kappa shape index (κ1) is 18.6. The topological polar surface area (TPSA) is 70.6 Å². The molecule has 1 amide bonds. The Bertz CT molecular complexity index is 748. The maximum Gasteiger partial charge on any atom is 0.241 e. The zero-order valence-corrected chi connectivity index (χ0v) is 16.4. The summed E-state index contributed by atoms with van der Waals surface area (Å²) >= 11 is 3.39. The second-order valence-electron chi connectivity index (χ2n) is 6.11. The first-order chi connectivity index (χ1) is 12.6. The molecule has 2 aromatic rings. The summed E-state index contributed by atoms with van der Waals surface area (Å²) in [7, 11) is 1.58. The average molecular weight is 420 g/mol. The molecule has 0 radical (unpaired) electrons. The predicted octanol–water partition coefficient (Wildman–Crippen LogP) is 2.40. The third-order valence-electron chi connectivity index (χ3n) is 4.49. The normalized spacial score (nSPS) is 16.2. The van der Waals surface area contributed by atoms with Gasteiger partial charge in [-0.2, -0.15) is 4.98 Å². The van der Waals surface area contributed by atoms with Crippen LogP contribution in [-0.2, 0) is 4.79 Å². The van der Waals surface area contributed by atoms with Crippen LogP contribution in [0.1, 0.15) is 6.92 Å². The Labute approximate surface area is 161 Å². The largest absolute Gasteiger partial charge is 0.480 e. The molecule has 26 heavy (non-hydrogen) atoms. The number of amides is 1. The van der Waals surface area contributed by atoms with E-state index in [1.807, 2.05) is 31.2 Å². The number of rotatable bonds is 5. The van der Waals surface area contributed by atoms with Crippen molar-refractivity contribution < 1.29 is 9.53 Å². The Balaban J connectivity index is 1.55. The minimum Gasteiger partial charge on any atom is -0.480 e. The molecule has 7 nitrogen and oxygen atoms in total. The lowest BCUT2D eigenvalue weighted by Crippen LogP contribution is -2.53. The quantitative estimate of drug-likeness (QED) is 0.801. The zero-order chi connectivity index (χ0) is 18.5. The Morgan fingerprint density at radius 1 is 1.19 bits per heavy atom. The highest BCUT2D eigenvalue weighted by Gasteiger charge is 2.26. The summed E-state index contributed by atoms with van der Waals surface area (Å²) in [6, 6.07) is 7.39. The summed E-state index contributed by atoms with van der Waals surface area (Å²) in [5.41, 5.74) is 0.801. The Kier molecular flexibility index (Phi) is 6.05. The molecule has 0 saturated carbocycles. The molecule has 1 N–H and O–H groups in total. The van der Waals surface area contributed by atoms with Crippen molar-refractivity contribution in [2.24, 2.45) is 0 Å². The molecule has 1 aromatic heterocycles. The monoisotopic (exact) mass is 419 g/mol. The zero-order valence-electron chi connectivity index (χ0n) is 14.9. The molecule has 1 aliphatic heterocycles. The molecule has 138 valence electrons. The maximum absolute atomic E-state index is 12.5. The molecule has 1 unspecified atom stereocenters. The number of nitrogens with zero attached hydrogens (tertiary/aromatic N) is 4. The number of benzene rings is 1. The van der Waals surface area contributed by atoms with E-state index in [-0.39, 0.29) is 11.9 Å². The Morgan fingerprint density at radius 2 is 1.88 bits per heavy atom. The van der Waals surface area contributed by atoms with Crippen LogP contribution in [-0.4, -0.2) is 60.1 Å². The van der Waals surface area contributed by atoms with Crippen molar-refractivity contribution in [2.45, 2.75) is 13.0 Å². The number of hydrogen-bond donors (Lipinski definition) is 1. The van der Waals surface area contributed by atoms with Crippen molar-refractivity contribution in [2.75, 3.05) is 43.5 Å². The lowest BCUT2D eigenvalue weighted by Gasteiger charge is -2.37. The van der Waals surface area contributed by atoms with Gasteiger partial charge in [0.2, 0.25) is 11.8 Å². The summed E-state index contributed by atoms with van der Waals surface area (Å²) in [5, 5.41) is 2.97. The van der Waals surface area contributed by atoms with E-state index >= 15 is 0 Å². The molecule has 3 rings (SSSR count). The molecule has 1 aromatic carbocycles. The fourth-order valence-electron chi connectivity index (χ4n) is 2.87. The first-order valence-electron chi connectivity index (χ1n) is 8.48. The molecular formula is C18H22BrN5O2. The SMILES string of the molecule is COc1cncc(N2CCN(C(C)C(=O)Nc3ccc(Br)cc3)CC2)n1. The fraction of sp³-hybridized carbons (Fsp3) is 0.389. The molecular weight excluding hydrogens is 398 g/mol. The van der Waals surface area contributed by atoms with E-state index in [1.54, 1.807) is 19.5 Å². The van der Waals surface area contributed by atoms with Crippen molar-refractivity contribution in [3.8, 4) is 5.88 Å². The van der Waals surface area contributed by atoms with Gasteiger partial charge in [-0.15, -0.1) is 0 Å². The molecule has 0 spiro atoms. The number of carbonyl (C=O) groups excluding carboxylic acids is 1. The summed E-state index contributed by atoms with van der Waals surface area (Å²) in [6.45, 7) is 5.09. The van der Waals surface area contributed by atoms with Gasteiger partial charge in [0, 0.05) is 36.3 Å². The number of nitrogens with one attached hydrogen (secondary N) is 1. The Hall–Kier alpha value is -2.19. The van der Waals surface area contributed by atoms with Gasteiger partial charge in [0.25, 0.3) is 0 Å². The number of ether oxygens (including phenoxy) is 1. The van der Waals surface area contributed by atoms with E-state index in [9.17, 15) is 4.79 Å². The van der Waals surface area contributed by atoms with Gasteiger partial charge in [0.15, 0.2) is 5.82 Å². The number of carbonyl (C=O) groups is 1. The molecule has 1 aliphatic rings. The van der Waals surface area contributed by atoms with Gasteiger partial charge < -0.3 is 15.0 Å². The fourth-order valence-corrected chi connectivity index (χ4v) is 3.14. The summed E-state index contributed by atoms with van der Waals surface area (Å²) in [6.07, 6.45) is 3.33. The second kappa shape index (κ2) is 8.46. The van der Waals surface area contributed by atoms with Crippen LogP contribution in [0.3, 0.4) is 0 Å². The number of hydrogen-bond acceptors (Lipinski definition) is 6. The molecule has 1 fully saturated rings. The minimum absolute atomic E-state index is 0.00180. The molecule has 0 bridgehead atoms. The van der Waals surface area contributed by atoms with Crippen molar-refractivity contribution >= 4 is 33.3 Å². The van der Waals surface area contributed by atoms with E-state index in [2.05, 4.69) is 41.0 Å². The molecule has 8 heteroatoms. The van der Waals surface area contributed by atoms with Crippen molar-refractivity contribution in [1.82, 2.24) is 14.9 Å². The third-order valence-corrected chi connectivity index (χ3v) is 5.01. The van der Waals surface area contributed by atoms with Gasteiger partial charge in [-0.25, -0.2) is 0 Å². The van der Waals surface area contributed by atoms with Crippen LogP contribution in [0.15, 0.2) is 41.1 Å². The highest BCUT2D eigenvalue weighted by atomic mass is 79.9. The number of aromatic nitrogens is 2. The molecule has 2 heterocycles. The van der Waals surface area contributed by atoms with Gasteiger partial charge in [0.05, 0.1) is 25.5 Å². The van der Waals surface area contributed by atoms with Crippen LogP contribution in [0.5, 0.6) is 5.88 Å². The summed E-state index contributed by atoms with van der Waals surface area (Å²) in [5.74, 6) is 1.31. The van der Waals surface area contributed by atoms with E-state index in [4.69, 9.17) is 4.74 Å². The standard InChI is InChI=1S/C18H22BrN5O2/c1-13(18(25)21-15-5-3-14(19)4-6-15)23-7-9-24(10-8-23)16-11-20-12-17(22-16)26-2/h3-6,11-13H,7-10H2,1-2H3,(H,21,25). The summed E-state index contributed by atoms with van der Waals surface area (Å²) < 4.78 is 6.12. The highest BCUT2D eigenvalue weighted by Crippen LogP contribution is 2.18. The molecule has 0 aliphatic carbocycles. The van der Waals surface area contributed by atoms with E-state index in [1.165, 1.54) is 0 Å². The lowest BCUT2D eigenvalue weighted by atomic mass is 10.2. The van der Waals surface area contributed by atoms with Gasteiger partial charge in [-0.05, 0) is 31.2 Å². The molecule has 1 saturated heterocycles. The number of methoxy groups -OCH3 is 1. The summed E-state index contributed by atoms with van der Waals surface area (Å²) in [4.78, 5) is 25.4. The second-order valence-corrected chi connectivity index (χ2v) is 7.03. The number of piperazine rings is 1. The van der Waals surface area contributed by atoms with E-state index < -0.39 is 0 Å². The van der Waals surface area contributed by atoms with Crippen LogP contribution in [0, 0.1) is 0 Å². The number of anilines is 2. The average Bonchev–Trinajstić information content (AvgIpc) is 2.69. The van der Waals surface area contributed by atoms with Crippen molar-refractivity contribution in [1.29, 1.82) is 0 Å². The first-order valence-corrected chi connectivity index (χ1v) is 9.27. The number of halogens is 1. The lowest BCUT2D eigenvalue weighted by molar-refractivity contribution is -0.120. The van der Waals surface area contributed by atoms with Gasteiger partial charge in [-0.3, -0.25) is 14.7 Å².